The van der Waals surface area contributed by atoms with Gasteiger partial charge in [0.15, 0.2) is 5.79 Å². The van der Waals surface area contributed by atoms with Crippen molar-refractivity contribution < 1.29 is 14.3 Å². The summed E-state index contributed by atoms with van der Waals surface area (Å²) in [5.74, 6) is -0.566. The molecule has 1 spiro atoms. The number of carbonyl (C=O) groups excluding carboxylic acids is 1. The summed E-state index contributed by atoms with van der Waals surface area (Å²) >= 11 is 0. The minimum Gasteiger partial charge on any atom is -0.348 e. The maximum absolute atomic E-state index is 12.4. The second kappa shape index (κ2) is 5.61. The minimum absolute atomic E-state index is 0.151. The fraction of sp³-hybridized carbons (Fsp3) is 0.600. The Hall–Kier alpha value is -1.66. The van der Waals surface area contributed by atoms with Crippen LogP contribution >= 0.6 is 0 Å². The summed E-state index contributed by atoms with van der Waals surface area (Å²) in [6.45, 7) is 1.31. The van der Waals surface area contributed by atoms with Crippen LogP contribution in [0.2, 0.25) is 0 Å². The van der Waals surface area contributed by atoms with Gasteiger partial charge in [0.05, 0.1) is 13.2 Å². The van der Waals surface area contributed by atoms with Crippen molar-refractivity contribution in [3.8, 4) is 0 Å². The molecular formula is C15H20N2O4. The molecular weight excluding hydrogens is 272 g/mol. The van der Waals surface area contributed by atoms with E-state index in [-0.39, 0.29) is 17.5 Å². The highest BCUT2D eigenvalue weighted by molar-refractivity contribution is 5.92. The minimum atomic E-state index is -0.415. The molecule has 0 radical (unpaired) electrons. The highest BCUT2D eigenvalue weighted by Crippen LogP contribution is 2.37. The number of pyridine rings is 1. The van der Waals surface area contributed by atoms with Crippen molar-refractivity contribution in [1.29, 1.82) is 0 Å². The van der Waals surface area contributed by atoms with Crippen LogP contribution in [0, 0.1) is 0 Å². The molecule has 1 aliphatic heterocycles. The summed E-state index contributed by atoms with van der Waals surface area (Å²) in [7, 11) is 1.78. The van der Waals surface area contributed by atoms with Crippen LogP contribution in [0.5, 0.6) is 0 Å². The van der Waals surface area contributed by atoms with Crippen LogP contribution in [0.4, 0.5) is 0 Å². The third kappa shape index (κ3) is 2.87. The smallest absolute Gasteiger partial charge is 0.270 e. The Morgan fingerprint density at radius 1 is 1.29 bits per heavy atom. The quantitative estimate of drug-likeness (QED) is 0.887. The van der Waals surface area contributed by atoms with Gasteiger partial charge in [-0.05, 0) is 18.9 Å². The third-order valence-corrected chi connectivity index (χ3v) is 4.40. The molecule has 6 nitrogen and oxygen atoms in total. The number of hydrogen-bond acceptors (Lipinski definition) is 4. The van der Waals surface area contributed by atoms with Crippen LogP contribution in [0.15, 0.2) is 23.0 Å². The molecule has 1 saturated heterocycles. The first kappa shape index (κ1) is 14.3. The molecule has 2 heterocycles. The number of aromatic nitrogens is 1. The Morgan fingerprint density at radius 3 is 2.57 bits per heavy atom. The average molecular weight is 292 g/mol. The second-order valence-electron chi connectivity index (χ2n) is 5.68. The van der Waals surface area contributed by atoms with Gasteiger partial charge in [-0.3, -0.25) is 9.59 Å². The van der Waals surface area contributed by atoms with E-state index in [1.54, 1.807) is 24.1 Å². The zero-order valence-electron chi connectivity index (χ0n) is 12.1. The van der Waals surface area contributed by atoms with Crippen LogP contribution in [-0.4, -0.2) is 47.9 Å². The van der Waals surface area contributed by atoms with Gasteiger partial charge in [0.25, 0.3) is 5.91 Å². The lowest BCUT2D eigenvalue weighted by atomic mass is 9.89. The molecule has 0 atom stereocenters. The Labute approximate surface area is 123 Å². The summed E-state index contributed by atoms with van der Waals surface area (Å²) < 4.78 is 11.4. The normalized spacial score (nSPS) is 21.6. The third-order valence-electron chi connectivity index (χ3n) is 4.40. The van der Waals surface area contributed by atoms with Gasteiger partial charge in [-0.25, -0.2) is 0 Å². The first-order valence-electron chi connectivity index (χ1n) is 7.34. The summed E-state index contributed by atoms with van der Waals surface area (Å²) in [5.41, 5.74) is 0.0725. The number of nitrogens with one attached hydrogen (secondary N) is 1. The van der Waals surface area contributed by atoms with Crippen molar-refractivity contribution in [2.75, 3.05) is 20.3 Å². The molecule has 114 valence electrons. The molecule has 1 aromatic rings. The van der Waals surface area contributed by atoms with E-state index in [0.29, 0.717) is 18.9 Å². The number of aromatic amines is 1. The lowest BCUT2D eigenvalue weighted by Gasteiger charge is -2.38. The van der Waals surface area contributed by atoms with E-state index in [1.807, 2.05) is 0 Å². The van der Waals surface area contributed by atoms with Crippen molar-refractivity contribution >= 4 is 5.91 Å². The molecule has 3 rings (SSSR count). The van der Waals surface area contributed by atoms with E-state index in [2.05, 4.69) is 4.98 Å². The standard InChI is InChI=1S/C15H20N2O4/c1-17(14(19)12-3-2-4-13(18)16-12)11-5-7-15(8-6-11)20-9-10-21-15/h2-4,11H,5-10H2,1H3,(H,16,18). The number of H-pyrrole nitrogens is 1. The Kier molecular flexibility index (Phi) is 3.82. The lowest BCUT2D eigenvalue weighted by molar-refractivity contribution is -0.182. The van der Waals surface area contributed by atoms with Crippen molar-refractivity contribution in [2.45, 2.75) is 37.5 Å². The second-order valence-corrected chi connectivity index (χ2v) is 5.68. The lowest BCUT2D eigenvalue weighted by Crippen LogP contribution is -2.45. The highest BCUT2D eigenvalue weighted by atomic mass is 16.7. The first-order valence-corrected chi connectivity index (χ1v) is 7.34. The molecule has 1 saturated carbocycles. The zero-order valence-corrected chi connectivity index (χ0v) is 12.1. The Bertz CT molecular complexity index is 567. The molecule has 0 bridgehead atoms. The van der Waals surface area contributed by atoms with Gasteiger partial charge < -0.3 is 19.4 Å². The summed E-state index contributed by atoms with van der Waals surface area (Å²) in [6.07, 6.45) is 3.31. The van der Waals surface area contributed by atoms with E-state index >= 15 is 0 Å². The summed E-state index contributed by atoms with van der Waals surface area (Å²) in [4.78, 5) is 28.0. The SMILES string of the molecule is CN(C(=O)c1cccc(=O)[nH]1)C1CCC2(CC1)OCCO2. The number of ether oxygens (including phenoxy) is 2. The van der Waals surface area contributed by atoms with Gasteiger partial charge >= 0.3 is 0 Å². The molecule has 1 aliphatic carbocycles. The number of hydrogen-bond donors (Lipinski definition) is 1. The topological polar surface area (TPSA) is 71.6 Å². The van der Waals surface area contributed by atoms with Crippen LogP contribution in [0.1, 0.15) is 36.2 Å². The maximum atomic E-state index is 12.4. The predicted octanol–water partition coefficient (Wildman–Crippen LogP) is 1.13. The van der Waals surface area contributed by atoms with Crippen LogP contribution < -0.4 is 5.56 Å². The van der Waals surface area contributed by atoms with E-state index < -0.39 is 5.79 Å². The largest absolute Gasteiger partial charge is 0.348 e. The fourth-order valence-electron chi connectivity index (χ4n) is 3.14. The predicted molar refractivity (Wildman–Crippen MR) is 76.0 cm³/mol. The van der Waals surface area contributed by atoms with Crippen LogP contribution in [-0.2, 0) is 9.47 Å². The molecule has 21 heavy (non-hydrogen) atoms. The number of carbonyl (C=O) groups is 1. The Balaban J connectivity index is 1.65. The van der Waals surface area contributed by atoms with Gasteiger partial charge in [-0.1, -0.05) is 6.07 Å². The van der Waals surface area contributed by atoms with Crippen molar-refractivity contribution in [1.82, 2.24) is 9.88 Å². The molecule has 6 heteroatoms. The van der Waals surface area contributed by atoms with Gasteiger partial charge in [0.2, 0.25) is 5.56 Å². The highest BCUT2D eigenvalue weighted by Gasteiger charge is 2.41. The number of nitrogens with zero attached hydrogens (tertiary/aromatic N) is 1. The van der Waals surface area contributed by atoms with Gasteiger partial charge in [-0.15, -0.1) is 0 Å². The maximum Gasteiger partial charge on any atom is 0.270 e. The molecule has 0 aromatic carbocycles. The number of rotatable bonds is 2. The van der Waals surface area contributed by atoms with E-state index in [0.717, 1.165) is 25.7 Å². The Morgan fingerprint density at radius 2 is 1.95 bits per heavy atom. The van der Waals surface area contributed by atoms with Gasteiger partial charge in [0.1, 0.15) is 5.69 Å². The van der Waals surface area contributed by atoms with Crippen LogP contribution in [0.25, 0.3) is 0 Å². The van der Waals surface area contributed by atoms with Gasteiger partial charge in [-0.2, -0.15) is 0 Å². The molecule has 1 amide bonds. The number of amides is 1. The molecule has 2 aliphatic rings. The molecule has 1 N–H and O–H groups in total. The van der Waals surface area contributed by atoms with Crippen molar-refractivity contribution in [2.24, 2.45) is 0 Å². The van der Waals surface area contributed by atoms with Crippen molar-refractivity contribution in [3.05, 3.63) is 34.2 Å². The molecule has 1 aromatic heterocycles. The first-order chi connectivity index (χ1) is 10.1. The molecule has 2 fully saturated rings. The van der Waals surface area contributed by atoms with E-state index in [4.69, 9.17) is 9.47 Å². The van der Waals surface area contributed by atoms with Crippen molar-refractivity contribution in [3.63, 3.8) is 0 Å². The fourth-order valence-corrected chi connectivity index (χ4v) is 3.14. The summed E-state index contributed by atoms with van der Waals surface area (Å²) in [6, 6.07) is 4.78. The van der Waals surface area contributed by atoms with E-state index in [9.17, 15) is 9.59 Å². The van der Waals surface area contributed by atoms with E-state index in [1.165, 1.54) is 6.07 Å². The average Bonchev–Trinajstić information content (AvgIpc) is 2.95. The monoisotopic (exact) mass is 292 g/mol. The van der Waals surface area contributed by atoms with Gasteiger partial charge in [0, 0.05) is 32.0 Å². The summed E-state index contributed by atoms with van der Waals surface area (Å²) in [5, 5.41) is 0. The molecule has 0 unspecified atom stereocenters. The zero-order chi connectivity index (χ0) is 14.9. The van der Waals surface area contributed by atoms with Crippen LogP contribution in [0.3, 0.4) is 0 Å².